The van der Waals surface area contributed by atoms with E-state index in [1.165, 1.54) is 11.3 Å². The van der Waals surface area contributed by atoms with Crippen molar-refractivity contribution >= 4 is 42.1 Å². The van der Waals surface area contributed by atoms with E-state index in [0.29, 0.717) is 26.1 Å². The Morgan fingerprint density at radius 2 is 1.82 bits per heavy atom. The molecule has 1 amide bonds. The number of benzene rings is 1. The lowest BCUT2D eigenvalue weighted by Gasteiger charge is -2.22. The average Bonchev–Trinajstić information content (AvgIpc) is 3.15. The van der Waals surface area contributed by atoms with E-state index in [4.69, 9.17) is 5.73 Å². The minimum Gasteiger partial charge on any atom is -0.338 e. The summed E-state index contributed by atoms with van der Waals surface area (Å²) >= 11 is 1.51. The van der Waals surface area contributed by atoms with E-state index < -0.39 is 0 Å². The highest BCUT2D eigenvalue weighted by atomic mass is 35.5. The summed E-state index contributed by atoms with van der Waals surface area (Å²) in [7, 11) is 0. The number of nitrogens with zero attached hydrogens (tertiary/aromatic N) is 3. The lowest BCUT2D eigenvalue weighted by molar-refractivity contribution is -0.131. The monoisotopic (exact) mass is 438 g/mol. The molecule has 0 fully saturated rings. The molecule has 0 radical (unpaired) electrons. The van der Waals surface area contributed by atoms with Gasteiger partial charge in [0.05, 0.1) is 17.8 Å². The summed E-state index contributed by atoms with van der Waals surface area (Å²) < 4.78 is 0. The first-order chi connectivity index (χ1) is 12.8. The second kappa shape index (κ2) is 12.5. The van der Waals surface area contributed by atoms with Crippen LogP contribution in [-0.2, 0) is 17.8 Å². The third kappa shape index (κ3) is 6.87. The highest BCUT2D eigenvalue weighted by Gasteiger charge is 2.16. The fourth-order valence-corrected chi connectivity index (χ4v) is 3.43. The van der Waals surface area contributed by atoms with Gasteiger partial charge in [0.2, 0.25) is 5.91 Å². The average molecular weight is 439 g/mol. The molecule has 3 rings (SSSR count). The molecule has 0 atom stereocenters. The van der Waals surface area contributed by atoms with Gasteiger partial charge in [-0.05, 0) is 30.7 Å². The Morgan fingerprint density at radius 1 is 1.07 bits per heavy atom. The summed E-state index contributed by atoms with van der Waals surface area (Å²) in [5, 5.41) is 2.77. The van der Waals surface area contributed by atoms with Crippen molar-refractivity contribution in [3.05, 3.63) is 71.4 Å². The number of aromatic nitrogens is 2. The van der Waals surface area contributed by atoms with Gasteiger partial charge in [-0.2, -0.15) is 0 Å². The van der Waals surface area contributed by atoms with Crippen LogP contribution in [0.5, 0.6) is 0 Å². The maximum Gasteiger partial charge on any atom is 0.228 e. The quantitative estimate of drug-likeness (QED) is 0.577. The van der Waals surface area contributed by atoms with Gasteiger partial charge in [0.1, 0.15) is 5.01 Å². The zero-order valence-electron chi connectivity index (χ0n) is 15.4. The number of nitrogens with two attached hydrogens (primary N) is 1. The Kier molecular flexibility index (Phi) is 10.7. The van der Waals surface area contributed by atoms with Crippen LogP contribution < -0.4 is 5.73 Å². The zero-order valence-corrected chi connectivity index (χ0v) is 17.8. The molecule has 0 bridgehead atoms. The van der Waals surface area contributed by atoms with Crippen LogP contribution in [0.4, 0.5) is 0 Å². The van der Waals surface area contributed by atoms with Crippen LogP contribution >= 0.6 is 36.2 Å². The Balaban J connectivity index is 0.00000196. The van der Waals surface area contributed by atoms with Gasteiger partial charge in [0.15, 0.2) is 0 Å². The summed E-state index contributed by atoms with van der Waals surface area (Å²) in [6.07, 6.45) is 2.82. The van der Waals surface area contributed by atoms with E-state index in [0.717, 1.165) is 28.4 Å². The fourth-order valence-electron chi connectivity index (χ4n) is 2.64. The maximum absolute atomic E-state index is 12.8. The molecule has 2 heterocycles. The van der Waals surface area contributed by atoms with Crippen molar-refractivity contribution in [1.29, 1.82) is 0 Å². The van der Waals surface area contributed by atoms with Gasteiger partial charge in [-0.25, -0.2) is 4.98 Å². The van der Waals surface area contributed by atoms with Crippen LogP contribution in [0.15, 0.2) is 60.1 Å². The van der Waals surface area contributed by atoms with Crippen molar-refractivity contribution < 1.29 is 4.79 Å². The molecular weight excluding hydrogens is 415 g/mol. The topological polar surface area (TPSA) is 72.1 Å². The van der Waals surface area contributed by atoms with E-state index in [1.54, 1.807) is 6.20 Å². The second-order valence-electron chi connectivity index (χ2n) is 5.98. The number of carbonyl (C=O) groups is 1. The predicted octanol–water partition coefficient (Wildman–Crippen LogP) is 3.97. The second-order valence-corrected chi connectivity index (χ2v) is 6.84. The maximum atomic E-state index is 12.8. The van der Waals surface area contributed by atoms with Crippen LogP contribution in [0.25, 0.3) is 10.7 Å². The van der Waals surface area contributed by atoms with Crippen LogP contribution in [0, 0.1) is 0 Å². The normalized spacial score (nSPS) is 9.89. The Hall–Kier alpha value is -1.99. The van der Waals surface area contributed by atoms with Crippen LogP contribution in [0.2, 0.25) is 0 Å². The fraction of sp³-hybridized carbons (Fsp3) is 0.250. The highest BCUT2D eigenvalue weighted by Crippen LogP contribution is 2.22. The molecule has 5 nitrogen and oxygen atoms in total. The largest absolute Gasteiger partial charge is 0.338 e. The lowest BCUT2D eigenvalue weighted by Crippen LogP contribution is -2.33. The number of hydrogen-bond acceptors (Lipinski definition) is 5. The molecule has 0 aliphatic heterocycles. The summed E-state index contributed by atoms with van der Waals surface area (Å²) in [5.41, 5.74) is 8.37. The van der Waals surface area contributed by atoms with Crippen LogP contribution in [-0.4, -0.2) is 33.9 Å². The van der Waals surface area contributed by atoms with Crippen molar-refractivity contribution in [2.24, 2.45) is 5.73 Å². The third-order valence-electron chi connectivity index (χ3n) is 3.97. The molecule has 0 aliphatic rings. The summed E-state index contributed by atoms with van der Waals surface area (Å²) in [6, 6.07) is 15.7. The Morgan fingerprint density at radius 3 is 2.50 bits per heavy atom. The molecule has 0 saturated carbocycles. The molecule has 1 aromatic carbocycles. The molecule has 150 valence electrons. The minimum absolute atomic E-state index is 0. The molecule has 0 aliphatic carbocycles. The number of pyridine rings is 1. The molecule has 2 N–H and O–H groups in total. The van der Waals surface area contributed by atoms with Crippen molar-refractivity contribution in [3.8, 4) is 10.7 Å². The zero-order chi connectivity index (χ0) is 18.2. The molecule has 0 spiro atoms. The third-order valence-corrected chi connectivity index (χ3v) is 4.88. The summed E-state index contributed by atoms with van der Waals surface area (Å²) in [4.78, 5) is 23.6. The van der Waals surface area contributed by atoms with Crippen molar-refractivity contribution in [1.82, 2.24) is 14.9 Å². The predicted molar refractivity (Wildman–Crippen MR) is 119 cm³/mol. The first kappa shape index (κ1) is 24.0. The van der Waals surface area contributed by atoms with Gasteiger partial charge >= 0.3 is 0 Å². The van der Waals surface area contributed by atoms with E-state index in [9.17, 15) is 4.79 Å². The van der Waals surface area contributed by atoms with Crippen LogP contribution in [0.1, 0.15) is 17.7 Å². The standard InChI is InChI=1S/C20H22N4OS.2ClH/c21-10-6-12-24(14-16-7-2-1-3-8-16)19(25)13-17-15-26-20(23-17)18-9-4-5-11-22-18;;/h1-5,7-9,11,15H,6,10,12-14,21H2;2*1H. The molecule has 0 saturated heterocycles. The highest BCUT2D eigenvalue weighted by molar-refractivity contribution is 7.13. The number of carbonyl (C=O) groups excluding carboxylic acids is 1. The van der Waals surface area contributed by atoms with E-state index in [2.05, 4.69) is 9.97 Å². The molecule has 28 heavy (non-hydrogen) atoms. The van der Waals surface area contributed by atoms with Gasteiger partial charge in [0.25, 0.3) is 0 Å². The van der Waals surface area contributed by atoms with Gasteiger partial charge in [-0.3, -0.25) is 9.78 Å². The summed E-state index contributed by atoms with van der Waals surface area (Å²) in [5.74, 6) is 0.0696. The van der Waals surface area contributed by atoms with Gasteiger partial charge in [-0.1, -0.05) is 36.4 Å². The molecule has 3 aromatic rings. The first-order valence-corrected chi connectivity index (χ1v) is 9.52. The van der Waals surface area contributed by atoms with Crippen molar-refractivity contribution in [2.75, 3.05) is 13.1 Å². The van der Waals surface area contributed by atoms with Gasteiger partial charge in [-0.15, -0.1) is 36.2 Å². The van der Waals surface area contributed by atoms with E-state index >= 15 is 0 Å². The smallest absolute Gasteiger partial charge is 0.228 e. The van der Waals surface area contributed by atoms with Crippen molar-refractivity contribution in [3.63, 3.8) is 0 Å². The SMILES string of the molecule is Cl.Cl.NCCCN(Cc1ccccc1)C(=O)Cc1csc(-c2ccccn2)n1. The van der Waals surface area contributed by atoms with Crippen LogP contribution in [0.3, 0.4) is 0 Å². The molecule has 8 heteroatoms. The Bertz CT molecular complexity index is 830. The summed E-state index contributed by atoms with van der Waals surface area (Å²) in [6.45, 7) is 1.82. The number of amides is 1. The molecular formula is C20H24Cl2N4OS. The molecule has 2 aromatic heterocycles. The van der Waals surface area contributed by atoms with Gasteiger partial charge in [0, 0.05) is 24.7 Å². The number of halogens is 2. The lowest BCUT2D eigenvalue weighted by atomic mass is 10.2. The number of hydrogen-bond donors (Lipinski definition) is 1. The van der Waals surface area contributed by atoms with E-state index in [-0.39, 0.29) is 30.7 Å². The Labute approximate surface area is 181 Å². The molecule has 0 unspecified atom stereocenters. The number of rotatable bonds is 8. The first-order valence-electron chi connectivity index (χ1n) is 8.64. The van der Waals surface area contributed by atoms with E-state index in [1.807, 2.05) is 58.8 Å². The van der Waals surface area contributed by atoms with Gasteiger partial charge < -0.3 is 10.6 Å². The minimum atomic E-state index is 0. The van der Waals surface area contributed by atoms with Crippen molar-refractivity contribution in [2.45, 2.75) is 19.4 Å². The number of thiazole rings is 1.